The average molecular weight is 887 g/mol. The maximum atomic E-state index is 11.6. The van der Waals surface area contributed by atoms with Crippen LogP contribution in [0.1, 0.15) is 55.2 Å². The number of fused-ring (bicyclic) bond motifs is 1. The highest BCUT2D eigenvalue weighted by atomic mass is 32.2. The van der Waals surface area contributed by atoms with Crippen LogP contribution in [-0.2, 0) is 35.3 Å². The second kappa shape index (κ2) is 22.3. The zero-order valence-corrected chi connectivity index (χ0v) is 37.2. The molecule has 10 rings (SSSR count). The first-order valence-electron chi connectivity index (χ1n) is 21.2. The monoisotopic (exact) mass is 886 g/mol. The van der Waals surface area contributed by atoms with Crippen LogP contribution in [0, 0.1) is 29.6 Å². The van der Waals surface area contributed by atoms with E-state index < -0.39 is 15.6 Å². The summed E-state index contributed by atoms with van der Waals surface area (Å²) in [5.74, 6) is 1.26. The second-order valence-corrected chi connectivity index (χ2v) is 17.6. The highest BCUT2D eigenvalue weighted by Gasteiger charge is 2.42. The molecule has 65 heavy (non-hydrogen) atoms. The number of nitrogens with zero attached hydrogens (tertiary/aromatic N) is 5. The number of carbonyl (C=O) groups excluding carboxylic acids is 2. The van der Waals surface area contributed by atoms with Crippen molar-refractivity contribution >= 4 is 38.2 Å². The van der Waals surface area contributed by atoms with Crippen molar-refractivity contribution in [2.45, 2.75) is 50.5 Å². The molecule has 6 aromatic carbocycles. The van der Waals surface area contributed by atoms with Gasteiger partial charge in [0.2, 0.25) is 27.6 Å². The molecule has 12 nitrogen and oxygen atoms in total. The number of Topliss-reactive ketones (excluding diaryl/α,β-unsaturated/α-hetero) is 1. The van der Waals surface area contributed by atoms with E-state index in [4.69, 9.17) is 14.5 Å². The second-order valence-electron chi connectivity index (χ2n) is 15.6. The van der Waals surface area contributed by atoms with Gasteiger partial charge in [0.15, 0.2) is 5.78 Å². The van der Waals surface area contributed by atoms with Crippen LogP contribution in [-0.4, -0.2) is 55.8 Å². The largest absolute Gasteiger partial charge is 0.381 e. The van der Waals surface area contributed by atoms with Gasteiger partial charge in [0, 0.05) is 32.2 Å². The minimum absolute atomic E-state index is 0.00854. The number of ketones is 1. The SMILES string of the molecule is CC1(c2ccccc2)NC(=O)CC1=O.Cc1nc(-c2ccccc2)no1.N#CC1(c2ccccc2)CCOCC1.N#Cc1ccc2ccccc2c1.O=S1(=O)CCCN1c1ccccc1. The average Bonchev–Trinajstić information content (AvgIpc) is 4.04. The predicted octanol–water partition coefficient (Wildman–Crippen LogP) is 9.23. The molecule has 13 heteroatoms. The lowest BCUT2D eigenvalue weighted by molar-refractivity contribution is -0.123. The number of nitrogens with one attached hydrogen (secondary N) is 1. The lowest BCUT2D eigenvalue weighted by Gasteiger charge is -2.30. The molecule has 330 valence electrons. The van der Waals surface area contributed by atoms with E-state index in [1.165, 1.54) is 9.69 Å². The van der Waals surface area contributed by atoms with E-state index in [-0.39, 0.29) is 29.3 Å². The van der Waals surface area contributed by atoms with E-state index >= 15 is 0 Å². The lowest BCUT2D eigenvalue weighted by Crippen LogP contribution is -2.40. The van der Waals surface area contributed by atoms with Crippen LogP contribution < -0.4 is 9.62 Å². The van der Waals surface area contributed by atoms with Crippen LogP contribution in [0.5, 0.6) is 0 Å². The molecule has 0 radical (unpaired) electrons. The van der Waals surface area contributed by atoms with Crippen molar-refractivity contribution in [3.05, 3.63) is 186 Å². The van der Waals surface area contributed by atoms with Crippen molar-refractivity contribution in [3.8, 4) is 23.5 Å². The van der Waals surface area contributed by atoms with Gasteiger partial charge in [0.05, 0.1) is 41.0 Å². The highest BCUT2D eigenvalue weighted by molar-refractivity contribution is 7.93. The van der Waals surface area contributed by atoms with Crippen molar-refractivity contribution in [1.29, 1.82) is 10.5 Å². The topological polar surface area (TPSA) is 179 Å². The fourth-order valence-corrected chi connectivity index (χ4v) is 9.01. The van der Waals surface area contributed by atoms with E-state index in [0.717, 1.165) is 47.0 Å². The number of para-hydroxylation sites is 1. The van der Waals surface area contributed by atoms with E-state index in [1.807, 2.05) is 164 Å². The van der Waals surface area contributed by atoms with Gasteiger partial charge in [-0.3, -0.25) is 13.9 Å². The molecule has 3 aliphatic rings. The Kier molecular flexibility index (Phi) is 16.1. The molecule has 0 spiro atoms. The number of benzene rings is 6. The number of ether oxygens (including phenoxy) is 1. The quantitative estimate of drug-likeness (QED) is 0.168. The Balaban J connectivity index is 0.000000135. The predicted molar refractivity (Wildman–Crippen MR) is 251 cm³/mol. The van der Waals surface area contributed by atoms with Gasteiger partial charge >= 0.3 is 0 Å². The number of anilines is 1. The first-order valence-corrected chi connectivity index (χ1v) is 22.8. The fraction of sp³-hybridized carbons (Fsp3) is 0.231. The molecular weight excluding hydrogens is 837 g/mol. The molecule has 1 N–H and O–H groups in total. The Labute approximate surface area is 380 Å². The summed E-state index contributed by atoms with van der Waals surface area (Å²) >= 11 is 0. The molecule has 3 aliphatic heterocycles. The number of aromatic nitrogens is 2. The Hall–Kier alpha value is -7.45. The number of rotatable bonds is 4. The van der Waals surface area contributed by atoms with Crippen LogP contribution in [0.4, 0.5) is 5.69 Å². The molecule has 1 amide bonds. The van der Waals surface area contributed by atoms with Gasteiger partial charge in [0.1, 0.15) is 5.54 Å². The van der Waals surface area contributed by atoms with Gasteiger partial charge in [-0.15, -0.1) is 0 Å². The van der Waals surface area contributed by atoms with E-state index in [1.54, 1.807) is 13.8 Å². The van der Waals surface area contributed by atoms with Crippen LogP contribution in [0.3, 0.4) is 0 Å². The summed E-state index contributed by atoms with van der Waals surface area (Å²) in [5, 5.41) is 26.7. The van der Waals surface area contributed by atoms with Gasteiger partial charge in [-0.2, -0.15) is 15.5 Å². The van der Waals surface area contributed by atoms with Gasteiger partial charge in [-0.05, 0) is 72.4 Å². The molecule has 1 atom stereocenters. The van der Waals surface area contributed by atoms with Crippen LogP contribution in [0.15, 0.2) is 168 Å². The maximum absolute atomic E-state index is 11.6. The minimum Gasteiger partial charge on any atom is -0.381 e. The number of aryl methyl sites for hydroxylation is 1. The summed E-state index contributed by atoms with van der Waals surface area (Å²) in [6.45, 7) is 5.53. The molecule has 3 fully saturated rings. The smallest absolute Gasteiger partial charge is 0.235 e. The Morgan fingerprint density at radius 1 is 0.723 bits per heavy atom. The molecule has 3 saturated heterocycles. The Bertz CT molecular complexity index is 2840. The lowest BCUT2D eigenvalue weighted by atomic mass is 9.76. The third kappa shape index (κ3) is 12.4. The Morgan fingerprint density at radius 3 is 1.82 bits per heavy atom. The van der Waals surface area contributed by atoms with Gasteiger partial charge in [-0.1, -0.05) is 145 Å². The number of hydrogen-bond acceptors (Lipinski definition) is 10. The van der Waals surface area contributed by atoms with Crippen LogP contribution >= 0.6 is 0 Å². The highest BCUT2D eigenvalue weighted by Crippen LogP contribution is 2.34. The molecule has 0 saturated carbocycles. The van der Waals surface area contributed by atoms with E-state index in [2.05, 4.69) is 27.6 Å². The number of amides is 1. The third-order valence-corrected chi connectivity index (χ3v) is 13.0. The normalized spacial score (nSPS) is 17.7. The molecule has 1 unspecified atom stereocenters. The molecule has 0 aliphatic carbocycles. The summed E-state index contributed by atoms with van der Waals surface area (Å²) in [6, 6.07) is 56.6. The van der Waals surface area contributed by atoms with E-state index in [0.29, 0.717) is 37.0 Å². The first kappa shape index (κ1) is 47.0. The van der Waals surface area contributed by atoms with Crippen molar-refractivity contribution in [3.63, 3.8) is 0 Å². The van der Waals surface area contributed by atoms with Crippen molar-refractivity contribution in [2.75, 3.05) is 29.8 Å². The molecule has 4 heterocycles. The number of nitriles is 2. The summed E-state index contributed by atoms with van der Waals surface area (Å²) in [6.07, 6.45) is 2.35. The Morgan fingerprint density at radius 2 is 1.29 bits per heavy atom. The third-order valence-electron chi connectivity index (χ3n) is 11.1. The van der Waals surface area contributed by atoms with E-state index in [9.17, 15) is 23.3 Å². The summed E-state index contributed by atoms with van der Waals surface area (Å²) in [4.78, 5) is 26.8. The summed E-state index contributed by atoms with van der Waals surface area (Å²) in [5.41, 5.74) is 3.32. The fourth-order valence-electron chi connectivity index (χ4n) is 7.45. The molecule has 0 bridgehead atoms. The van der Waals surface area contributed by atoms with Crippen LogP contribution in [0.2, 0.25) is 0 Å². The minimum atomic E-state index is -3.01. The van der Waals surface area contributed by atoms with Crippen molar-refractivity contribution in [1.82, 2.24) is 15.5 Å². The number of carbonyl (C=O) groups is 2. The zero-order valence-electron chi connectivity index (χ0n) is 36.3. The maximum Gasteiger partial charge on any atom is 0.235 e. The first-order chi connectivity index (χ1) is 31.5. The standard InChI is InChI=1S/C12H13NO.C11H11NO2.C11H7N.C9H8N2O.C9H11NO2S/c13-10-12(6-8-14-9-7-12)11-4-2-1-3-5-11;1-11(8-5-3-2-4-6-8)9(13)7-10(14)12-11;12-8-9-5-6-10-3-1-2-4-11(10)7-9;1-7-10-9(11-12-7)8-5-3-2-4-6-8;11-13(12)8-4-7-10(13)9-5-2-1-3-6-9/h1-5H,6-9H2;2-6H,7H2,1H3,(H,12,14);1-7H;2-6H,1H3;1-3,5-6H,4,7-8H2. The molecular formula is C52H50N6O6S. The summed E-state index contributed by atoms with van der Waals surface area (Å²) in [7, 11) is -3.01. The summed E-state index contributed by atoms with van der Waals surface area (Å²) < 4.78 is 34.6. The van der Waals surface area contributed by atoms with Gasteiger partial charge in [0.25, 0.3) is 0 Å². The number of hydrogen-bond donors (Lipinski definition) is 1. The van der Waals surface area contributed by atoms with Crippen molar-refractivity contribution in [2.24, 2.45) is 0 Å². The molecule has 1 aromatic heterocycles. The zero-order chi connectivity index (χ0) is 46.1. The van der Waals surface area contributed by atoms with Gasteiger partial charge < -0.3 is 14.6 Å². The molecule has 7 aromatic rings. The van der Waals surface area contributed by atoms with Gasteiger partial charge in [-0.25, -0.2) is 8.42 Å². The van der Waals surface area contributed by atoms with Crippen LogP contribution in [0.25, 0.3) is 22.2 Å². The number of sulfonamides is 1. The van der Waals surface area contributed by atoms with Crippen molar-refractivity contribution < 1.29 is 27.3 Å².